The average molecular weight is 593 g/mol. The molecule has 1 aliphatic rings. The minimum absolute atomic E-state index is 0.0683. The van der Waals surface area contributed by atoms with Gasteiger partial charge in [0.05, 0.1) is 28.9 Å². The summed E-state index contributed by atoms with van der Waals surface area (Å²) >= 11 is 0. The second kappa shape index (κ2) is 11.8. The molecule has 0 bridgehead atoms. The van der Waals surface area contributed by atoms with Gasteiger partial charge in [0.25, 0.3) is 0 Å². The molecule has 2 unspecified atom stereocenters. The Balaban J connectivity index is 1.71. The molecule has 3 N–H and O–H groups in total. The molecule has 1 saturated heterocycles. The van der Waals surface area contributed by atoms with Crippen molar-refractivity contribution in [2.24, 2.45) is 5.73 Å². The third kappa shape index (κ3) is 6.41. The smallest absolute Gasteiger partial charge is 0.395 e. The molecule has 3 aromatic rings. The number of hydrogen-bond donors (Lipinski definition) is 2. The molecule has 11 heteroatoms. The molecular formula is C30H32F4N2O4S. The number of nitrogens with two attached hydrogens (primary N) is 1. The summed E-state index contributed by atoms with van der Waals surface area (Å²) in [6.07, 6.45) is -5.36. The SMILES string of the molecule is CCS(=O)(=O)c1ccc([C@@H](CO)c2cc(N3CC(c4ccc(C(F)(F)F)cc4)C[C@H]3C(C)F)ccc2C(N)=O)cc1. The van der Waals surface area contributed by atoms with Crippen molar-refractivity contribution in [1.82, 2.24) is 0 Å². The van der Waals surface area contributed by atoms with Crippen LogP contribution >= 0.6 is 0 Å². The van der Waals surface area contributed by atoms with E-state index in [4.69, 9.17) is 5.73 Å². The highest BCUT2D eigenvalue weighted by atomic mass is 32.2. The maximum atomic E-state index is 14.9. The Morgan fingerprint density at radius 1 is 1.07 bits per heavy atom. The number of hydrogen-bond acceptors (Lipinski definition) is 5. The van der Waals surface area contributed by atoms with Crippen molar-refractivity contribution in [2.75, 3.05) is 23.8 Å². The molecule has 0 aromatic heterocycles. The van der Waals surface area contributed by atoms with Crippen molar-refractivity contribution in [3.05, 3.63) is 94.5 Å². The Hall–Kier alpha value is -3.44. The normalized spacial score (nSPS) is 19.2. The number of carbonyl (C=O) groups is 1. The lowest BCUT2D eigenvalue weighted by Gasteiger charge is -2.29. The van der Waals surface area contributed by atoms with E-state index in [2.05, 4.69) is 0 Å². The number of sulfone groups is 1. The van der Waals surface area contributed by atoms with E-state index in [1.165, 1.54) is 44.2 Å². The second-order valence-corrected chi connectivity index (χ2v) is 12.6. The fraction of sp³-hybridized carbons (Fsp3) is 0.367. The number of carbonyl (C=O) groups excluding carboxylic acids is 1. The molecule has 1 heterocycles. The average Bonchev–Trinajstić information content (AvgIpc) is 3.39. The standard InChI is InChI=1S/C30H32F4N2O4S/c1-3-41(39,40)24-11-6-20(7-12-24)27(17-37)26-15-23(10-13-25(26)29(35)38)36-16-21(14-28(36)18(2)31)19-4-8-22(9-5-19)30(32,33)34/h4-13,15,18,21,27-28,37H,3,14,16-17H2,1-2H3,(H2,35,38)/t18?,21?,27-,28+/m1/s1. The minimum Gasteiger partial charge on any atom is -0.395 e. The van der Waals surface area contributed by atoms with Crippen molar-refractivity contribution in [1.29, 1.82) is 0 Å². The second-order valence-electron chi connectivity index (χ2n) is 10.3. The van der Waals surface area contributed by atoms with Gasteiger partial charge in [-0.05, 0) is 72.5 Å². The predicted molar refractivity (Wildman–Crippen MR) is 149 cm³/mol. The van der Waals surface area contributed by atoms with Gasteiger partial charge in [0.1, 0.15) is 6.17 Å². The van der Waals surface area contributed by atoms with Crippen LogP contribution in [0.2, 0.25) is 0 Å². The van der Waals surface area contributed by atoms with Gasteiger partial charge in [-0.3, -0.25) is 4.79 Å². The Labute approximate surface area is 236 Å². The summed E-state index contributed by atoms with van der Waals surface area (Å²) in [5.74, 6) is -1.76. The van der Waals surface area contributed by atoms with Crippen LogP contribution in [0.5, 0.6) is 0 Å². The maximum absolute atomic E-state index is 14.9. The summed E-state index contributed by atoms with van der Waals surface area (Å²) in [7, 11) is -3.44. The summed E-state index contributed by atoms with van der Waals surface area (Å²) in [5.41, 5.74) is 7.23. The molecule has 1 amide bonds. The Morgan fingerprint density at radius 3 is 2.22 bits per heavy atom. The van der Waals surface area contributed by atoms with E-state index in [9.17, 15) is 35.9 Å². The highest BCUT2D eigenvalue weighted by molar-refractivity contribution is 7.91. The van der Waals surface area contributed by atoms with Crippen LogP contribution in [-0.4, -0.2) is 50.5 Å². The summed E-state index contributed by atoms with van der Waals surface area (Å²) in [6, 6.07) is 15.2. The number of anilines is 1. The van der Waals surface area contributed by atoms with Gasteiger partial charge >= 0.3 is 6.18 Å². The molecule has 0 saturated carbocycles. The number of nitrogens with zero attached hydrogens (tertiary/aromatic N) is 1. The summed E-state index contributed by atoms with van der Waals surface area (Å²) in [5, 5.41) is 10.4. The summed E-state index contributed by atoms with van der Waals surface area (Å²) < 4.78 is 78.5. The van der Waals surface area contributed by atoms with Gasteiger partial charge in [0, 0.05) is 29.6 Å². The summed E-state index contributed by atoms with van der Waals surface area (Å²) in [4.78, 5) is 14.3. The number of primary amides is 1. The van der Waals surface area contributed by atoms with Gasteiger partial charge < -0.3 is 15.7 Å². The quantitative estimate of drug-likeness (QED) is 0.322. The number of halogens is 4. The lowest BCUT2D eigenvalue weighted by atomic mass is 9.88. The molecular weight excluding hydrogens is 560 g/mol. The number of aliphatic hydroxyl groups is 1. The fourth-order valence-electron chi connectivity index (χ4n) is 5.48. The number of benzene rings is 3. The maximum Gasteiger partial charge on any atom is 0.416 e. The van der Waals surface area contributed by atoms with E-state index in [1.807, 2.05) is 4.90 Å². The summed E-state index contributed by atoms with van der Waals surface area (Å²) in [6.45, 7) is 2.87. The van der Waals surface area contributed by atoms with Gasteiger partial charge in [-0.25, -0.2) is 12.8 Å². The van der Waals surface area contributed by atoms with Gasteiger partial charge in [-0.2, -0.15) is 13.2 Å². The van der Waals surface area contributed by atoms with Crippen LogP contribution in [0.25, 0.3) is 0 Å². The number of rotatable bonds is 9. The van der Waals surface area contributed by atoms with E-state index in [1.54, 1.807) is 24.3 Å². The Bertz CT molecular complexity index is 1490. The van der Waals surface area contributed by atoms with Crippen LogP contribution in [-0.2, 0) is 16.0 Å². The molecule has 3 aromatic carbocycles. The van der Waals surface area contributed by atoms with Gasteiger partial charge in [0.2, 0.25) is 5.91 Å². The Morgan fingerprint density at radius 2 is 1.71 bits per heavy atom. The van der Waals surface area contributed by atoms with Gasteiger partial charge in [0.15, 0.2) is 9.84 Å². The van der Waals surface area contributed by atoms with Crippen molar-refractivity contribution in [2.45, 2.75) is 55.4 Å². The first-order valence-corrected chi connectivity index (χ1v) is 14.9. The van der Waals surface area contributed by atoms with E-state index < -0.39 is 52.2 Å². The monoisotopic (exact) mass is 592 g/mol. The third-order valence-electron chi connectivity index (χ3n) is 7.79. The largest absolute Gasteiger partial charge is 0.416 e. The van der Waals surface area contributed by atoms with E-state index in [-0.39, 0.29) is 22.1 Å². The number of alkyl halides is 4. The van der Waals surface area contributed by atoms with Crippen LogP contribution in [0, 0.1) is 0 Å². The number of amides is 1. The van der Waals surface area contributed by atoms with Crippen LogP contribution in [0.4, 0.5) is 23.2 Å². The fourth-order valence-corrected chi connectivity index (χ4v) is 6.37. The lowest BCUT2D eigenvalue weighted by Crippen LogP contribution is -2.35. The first-order valence-electron chi connectivity index (χ1n) is 13.2. The highest BCUT2D eigenvalue weighted by Gasteiger charge is 2.38. The predicted octanol–water partition coefficient (Wildman–Crippen LogP) is 5.44. The van der Waals surface area contributed by atoms with Crippen molar-refractivity contribution in [3.8, 4) is 0 Å². The van der Waals surface area contributed by atoms with Gasteiger partial charge in [-0.15, -0.1) is 0 Å². The third-order valence-corrected chi connectivity index (χ3v) is 9.55. The van der Waals surface area contributed by atoms with E-state index in [0.29, 0.717) is 35.3 Å². The molecule has 0 aliphatic carbocycles. The molecule has 0 radical (unpaired) electrons. The molecule has 1 aliphatic heterocycles. The minimum atomic E-state index is -4.46. The van der Waals surface area contributed by atoms with Crippen LogP contribution < -0.4 is 10.6 Å². The van der Waals surface area contributed by atoms with E-state index >= 15 is 0 Å². The zero-order valence-corrected chi connectivity index (χ0v) is 23.4. The molecule has 0 spiro atoms. The molecule has 4 rings (SSSR count). The highest BCUT2D eigenvalue weighted by Crippen LogP contribution is 2.40. The first-order chi connectivity index (χ1) is 19.3. The van der Waals surface area contributed by atoms with Crippen LogP contribution in [0.15, 0.2) is 71.6 Å². The molecule has 6 nitrogen and oxygen atoms in total. The Kier molecular flexibility index (Phi) is 8.79. The molecule has 41 heavy (non-hydrogen) atoms. The zero-order valence-electron chi connectivity index (χ0n) is 22.6. The molecule has 4 atom stereocenters. The molecule has 1 fully saturated rings. The molecule has 220 valence electrons. The van der Waals surface area contributed by atoms with Crippen molar-refractivity contribution in [3.63, 3.8) is 0 Å². The zero-order chi connectivity index (χ0) is 30.1. The van der Waals surface area contributed by atoms with Crippen LogP contribution in [0.1, 0.15) is 64.7 Å². The van der Waals surface area contributed by atoms with Crippen molar-refractivity contribution >= 4 is 21.4 Å². The van der Waals surface area contributed by atoms with Gasteiger partial charge in [-0.1, -0.05) is 31.2 Å². The van der Waals surface area contributed by atoms with Crippen LogP contribution in [0.3, 0.4) is 0 Å². The van der Waals surface area contributed by atoms with Crippen molar-refractivity contribution < 1.29 is 35.9 Å². The topological polar surface area (TPSA) is 101 Å². The van der Waals surface area contributed by atoms with E-state index in [0.717, 1.165) is 12.1 Å². The first kappa shape index (κ1) is 30.5. The number of aliphatic hydroxyl groups excluding tert-OH is 1. The lowest BCUT2D eigenvalue weighted by molar-refractivity contribution is -0.137.